The normalized spacial score (nSPS) is 10.5. The topological polar surface area (TPSA) is 41.0 Å². The smallest absolute Gasteiger partial charge is 0.0563 e. The molecule has 0 aromatic carbocycles. The van der Waals surface area contributed by atoms with Gasteiger partial charge in [0, 0.05) is 17.5 Å². The van der Waals surface area contributed by atoms with Crippen molar-refractivity contribution < 1.29 is 0 Å². The SMILES string of the molecule is C=N/C=C\c1cn[nH]c1C. The Morgan fingerprint density at radius 3 is 3.10 bits per heavy atom. The number of aliphatic imine (C=N–C) groups is 1. The van der Waals surface area contributed by atoms with Gasteiger partial charge in [-0.2, -0.15) is 5.10 Å². The van der Waals surface area contributed by atoms with Crippen LogP contribution in [0.5, 0.6) is 0 Å². The summed E-state index contributed by atoms with van der Waals surface area (Å²) in [6.07, 6.45) is 5.24. The van der Waals surface area contributed by atoms with Crippen molar-refractivity contribution in [3.63, 3.8) is 0 Å². The third kappa shape index (κ3) is 1.31. The van der Waals surface area contributed by atoms with Gasteiger partial charge in [0.25, 0.3) is 0 Å². The molecule has 0 bridgehead atoms. The van der Waals surface area contributed by atoms with Gasteiger partial charge in [0.15, 0.2) is 0 Å². The minimum Gasteiger partial charge on any atom is -0.282 e. The standard InChI is InChI=1S/C7H9N3/c1-6-7(3-4-8-2)5-9-10-6/h3-5H,2H2,1H3,(H,9,10)/b4-3-. The molecule has 1 N–H and O–H groups in total. The molecule has 3 nitrogen and oxygen atoms in total. The number of aromatic amines is 1. The number of hydrogen-bond acceptors (Lipinski definition) is 2. The van der Waals surface area contributed by atoms with Crippen LogP contribution in [0.4, 0.5) is 0 Å². The van der Waals surface area contributed by atoms with Gasteiger partial charge in [-0.15, -0.1) is 0 Å². The van der Waals surface area contributed by atoms with Crippen LogP contribution in [0.1, 0.15) is 11.3 Å². The minimum atomic E-state index is 1.04. The van der Waals surface area contributed by atoms with Gasteiger partial charge >= 0.3 is 0 Å². The van der Waals surface area contributed by atoms with Gasteiger partial charge in [0.1, 0.15) is 0 Å². The third-order valence-corrected chi connectivity index (χ3v) is 1.23. The fourth-order valence-corrected chi connectivity index (χ4v) is 0.661. The van der Waals surface area contributed by atoms with E-state index in [-0.39, 0.29) is 0 Å². The maximum atomic E-state index is 3.84. The Morgan fingerprint density at radius 2 is 2.60 bits per heavy atom. The van der Waals surface area contributed by atoms with Crippen molar-refractivity contribution in [1.29, 1.82) is 0 Å². The summed E-state index contributed by atoms with van der Waals surface area (Å²) in [5, 5.41) is 6.65. The van der Waals surface area contributed by atoms with Crippen molar-refractivity contribution in [1.82, 2.24) is 10.2 Å². The molecular formula is C7H9N3. The molecule has 0 amide bonds. The van der Waals surface area contributed by atoms with Crippen LogP contribution >= 0.6 is 0 Å². The van der Waals surface area contributed by atoms with Crippen molar-refractivity contribution >= 4 is 12.8 Å². The van der Waals surface area contributed by atoms with Gasteiger partial charge in [0.05, 0.1) is 6.20 Å². The predicted octanol–water partition coefficient (Wildman–Crippen LogP) is 1.39. The van der Waals surface area contributed by atoms with E-state index >= 15 is 0 Å². The second-order valence-electron chi connectivity index (χ2n) is 1.95. The Kier molecular flexibility index (Phi) is 1.99. The molecule has 1 heterocycles. The van der Waals surface area contributed by atoms with Crippen LogP contribution in [0.2, 0.25) is 0 Å². The average Bonchev–Trinajstić information content (AvgIpc) is 2.31. The highest BCUT2D eigenvalue weighted by Crippen LogP contribution is 2.03. The number of H-pyrrole nitrogens is 1. The fourth-order valence-electron chi connectivity index (χ4n) is 0.661. The molecule has 0 saturated carbocycles. The summed E-state index contributed by atoms with van der Waals surface area (Å²) in [6, 6.07) is 0. The summed E-state index contributed by atoms with van der Waals surface area (Å²) in [5.41, 5.74) is 2.09. The Hall–Kier alpha value is -1.38. The molecule has 0 unspecified atom stereocenters. The first-order chi connectivity index (χ1) is 4.84. The molecule has 0 saturated heterocycles. The molecule has 1 rings (SSSR count). The Balaban J connectivity index is 2.83. The molecule has 0 aliphatic rings. The second-order valence-corrected chi connectivity index (χ2v) is 1.95. The Labute approximate surface area is 59.5 Å². The fraction of sp³-hybridized carbons (Fsp3) is 0.143. The maximum absolute atomic E-state index is 3.84. The Morgan fingerprint density at radius 1 is 1.80 bits per heavy atom. The van der Waals surface area contributed by atoms with Gasteiger partial charge in [0.2, 0.25) is 0 Å². The molecule has 3 heteroatoms. The lowest BCUT2D eigenvalue weighted by Crippen LogP contribution is -1.72. The zero-order valence-corrected chi connectivity index (χ0v) is 5.83. The van der Waals surface area contributed by atoms with Crippen LogP contribution in [0.3, 0.4) is 0 Å². The Bertz CT molecular complexity index is 247. The van der Waals surface area contributed by atoms with E-state index < -0.39 is 0 Å². The van der Waals surface area contributed by atoms with Crippen LogP contribution < -0.4 is 0 Å². The highest BCUT2D eigenvalue weighted by atomic mass is 15.1. The van der Waals surface area contributed by atoms with Crippen LogP contribution in [0, 0.1) is 6.92 Å². The molecule has 1 aromatic rings. The molecule has 0 aliphatic carbocycles. The van der Waals surface area contributed by atoms with E-state index in [2.05, 4.69) is 21.9 Å². The number of aryl methyl sites for hydroxylation is 1. The van der Waals surface area contributed by atoms with Crippen LogP contribution in [0.25, 0.3) is 6.08 Å². The van der Waals surface area contributed by atoms with Gasteiger partial charge in [-0.3, -0.25) is 10.1 Å². The van der Waals surface area contributed by atoms with Crippen LogP contribution in [-0.4, -0.2) is 16.9 Å². The molecule has 1 aromatic heterocycles. The number of aromatic nitrogens is 2. The predicted molar refractivity (Wildman–Crippen MR) is 41.9 cm³/mol. The summed E-state index contributed by atoms with van der Waals surface area (Å²) < 4.78 is 0. The number of nitrogens with one attached hydrogen (secondary N) is 1. The average molecular weight is 135 g/mol. The van der Waals surface area contributed by atoms with E-state index in [4.69, 9.17) is 0 Å². The molecular weight excluding hydrogens is 126 g/mol. The zero-order valence-electron chi connectivity index (χ0n) is 5.83. The second kappa shape index (κ2) is 2.96. The summed E-state index contributed by atoms with van der Waals surface area (Å²) in [6.45, 7) is 5.28. The van der Waals surface area contributed by atoms with Gasteiger partial charge in [-0.1, -0.05) is 0 Å². The highest BCUT2D eigenvalue weighted by Gasteiger charge is 1.91. The summed E-state index contributed by atoms with van der Waals surface area (Å²) in [5.74, 6) is 0. The molecule has 10 heavy (non-hydrogen) atoms. The van der Waals surface area contributed by atoms with E-state index in [1.165, 1.54) is 0 Å². The largest absolute Gasteiger partial charge is 0.282 e. The lowest BCUT2D eigenvalue weighted by molar-refractivity contribution is 1.05. The maximum Gasteiger partial charge on any atom is 0.0563 e. The first-order valence-corrected chi connectivity index (χ1v) is 2.97. The van der Waals surface area contributed by atoms with Crippen molar-refractivity contribution in [2.24, 2.45) is 4.99 Å². The van der Waals surface area contributed by atoms with E-state index in [9.17, 15) is 0 Å². The van der Waals surface area contributed by atoms with Crippen molar-refractivity contribution in [2.45, 2.75) is 6.92 Å². The highest BCUT2D eigenvalue weighted by molar-refractivity contribution is 5.50. The molecule has 0 radical (unpaired) electrons. The summed E-state index contributed by atoms with van der Waals surface area (Å²) in [7, 11) is 0. The van der Waals surface area contributed by atoms with E-state index in [1.807, 2.05) is 13.0 Å². The molecule has 0 aliphatic heterocycles. The summed E-state index contributed by atoms with van der Waals surface area (Å²) >= 11 is 0. The molecule has 0 atom stereocenters. The minimum absolute atomic E-state index is 1.04. The number of nitrogens with zero attached hydrogens (tertiary/aromatic N) is 2. The first-order valence-electron chi connectivity index (χ1n) is 2.97. The first kappa shape index (κ1) is 6.74. The van der Waals surface area contributed by atoms with Crippen molar-refractivity contribution in [3.8, 4) is 0 Å². The molecule has 52 valence electrons. The van der Waals surface area contributed by atoms with E-state index in [0.717, 1.165) is 11.3 Å². The van der Waals surface area contributed by atoms with Gasteiger partial charge < -0.3 is 0 Å². The van der Waals surface area contributed by atoms with E-state index in [0.29, 0.717) is 0 Å². The van der Waals surface area contributed by atoms with Crippen molar-refractivity contribution in [2.75, 3.05) is 0 Å². The van der Waals surface area contributed by atoms with Crippen molar-refractivity contribution in [3.05, 3.63) is 23.7 Å². The molecule has 0 fully saturated rings. The lowest BCUT2D eigenvalue weighted by Gasteiger charge is -1.83. The molecule has 0 spiro atoms. The lowest BCUT2D eigenvalue weighted by atomic mass is 10.3. The number of hydrogen-bond donors (Lipinski definition) is 1. The summed E-state index contributed by atoms with van der Waals surface area (Å²) in [4.78, 5) is 3.58. The van der Waals surface area contributed by atoms with Gasteiger partial charge in [-0.25, -0.2) is 0 Å². The zero-order chi connectivity index (χ0) is 7.40. The van der Waals surface area contributed by atoms with Gasteiger partial charge in [-0.05, 0) is 19.7 Å². The van der Waals surface area contributed by atoms with E-state index in [1.54, 1.807) is 12.4 Å². The van der Waals surface area contributed by atoms with Crippen LogP contribution in [0.15, 0.2) is 17.4 Å². The monoisotopic (exact) mass is 135 g/mol. The quantitative estimate of drug-likeness (QED) is 0.611. The third-order valence-electron chi connectivity index (χ3n) is 1.23. The van der Waals surface area contributed by atoms with Crippen LogP contribution in [-0.2, 0) is 0 Å². The number of rotatable bonds is 2.